The summed E-state index contributed by atoms with van der Waals surface area (Å²) in [7, 11) is 0. The van der Waals surface area contributed by atoms with Crippen molar-refractivity contribution >= 4 is 6.09 Å². The van der Waals surface area contributed by atoms with Gasteiger partial charge in [0.2, 0.25) is 6.43 Å². The topological polar surface area (TPSA) is 41.6 Å². The van der Waals surface area contributed by atoms with Gasteiger partial charge in [0.15, 0.2) is 0 Å². The number of halogens is 2. The van der Waals surface area contributed by atoms with Gasteiger partial charge in [-0.25, -0.2) is 13.6 Å². The predicted molar refractivity (Wildman–Crippen MR) is 71.9 cm³/mol. The lowest BCUT2D eigenvalue weighted by Gasteiger charge is -2.52. The van der Waals surface area contributed by atoms with Crippen LogP contribution in [0, 0.1) is 5.41 Å². The summed E-state index contributed by atoms with van der Waals surface area (Å²) in [6, 6.07) is -0.424. The van der Waals surface area contributed by atoms with Crippen molar-refractivity contribution in [1.29, 1.82) is 0 Å². The maximum absolute atomic E-state index is 13.6. The molecule has 2 aliphatic rings. The van der Waals surface area contributed by atoms with E-state index in [-0.39, 0.29) is 6.54 Å². The first-order valence-electron chi connectivity index (χ1n) is 7.25. The summed E-state index contributed by atoms with van der Waals surface area (Å²) < 4.78 is 32.6. The minimum atomic E-state index is -2.43. The largest absolute Gasteiger partial charge is 0.444 e. The summed E-state index contributed by atoms with van der Waals surface area (Å²) in [6.07, 6.45) is -1.27. The Kier molecular flexibility index (Phi) is 4.23. The zero-order chi connectivity index (χ0) is 15.0. The van der Waals surface area contributed by atoms with Crippen molar-refractivity contribution in [2.24, 2.45) is 5.41 Å². The molecule has 0 aromatic heterocycles. The van der Waals surface area contributed by atoms with Gasteiger partial charge in [-0.3, -0.25) is 0 Å². The van der Waals surface area contributed by atoms with E-state index in [9.17, 15) is 13.6 Å². The number of alkyl halides is 2. The number of fused-ring (bicyclic) bond motifs is 1. The lowest BCUT2D eigenvalue weighted by atomic mass is 9.70. The predicted octanol–water partition coefficient (Wildman–Crippen LogP) is 2.63. The van der Waals surface area contributed by atoms with E-state index in [0.717, 1.165) is 0 Å². The average molecular weight is 290 g/mol. The molecule has 2 unspecified atom stereocenters. The van der Waals surface area contributed by atoms with Gasteiger partial charge in [0.1, 0.15) is 5.60 Å². The quantitative estimate of drug-likeness (QED) is 0.807. The van der Waals surface area contributed by atoms with Gasteiger partial charge < -0.3 is 15.0 Å². The van der Waals surface area contributed by atoms with E-state index in [1.165, 1.54) is 4.90 Å². The van der Waals surface area contributed by atoms with E-state index in [1.54, 1.807) is 20.8 Å². The van der Waals surface area contributed by atoms with Crippen molar-refractivity contribution in [3.63, 3.8) is 0 Å². The smallest absolute Gasteiger partial charge is 0.410 e. The third-order valence-corrected chi connectivity index (χ3v) is 4.19. The van der Waals surface area contributed by atoms with E-state index in [0.29, 0.717) is 32.4 Å². The molecule has 1 amide bonds. The Morgan fingerprint density at radius 2 is 2.15 bits per heavy atom. The van der Waals surface area contributed by atoms with Crippen LogP contribution in [-0.4, -0.2) is 48.7 Å². The fourth-order valence-electron chi connectivity index (χ4n) is 3.29. The highest BCUT2D eigenvalue weighted by Gasteiger charge is 2.53. The molecule has 4 nitrogen and oxygen atoms in total. The van der Waals surface area contributed by atoms with Crippen molar-refractivity contribution in [3.05, 3.63) is 0 Å². The molecule has 0 aromatic rings. The van der Waals surface area contributed by atoms with Crippen LogP contribution < -0.4 is 5.32 Å². The van der Waals surface area contributed by atoms with Gasteiger partial charge in [0.25, 0.3) is 0 Å². The van der Waals surface area contributed by atoms with Gasteiger partial charge in [-0.2, -0.15) is 0 Å². The molecule has 0 spiro atoms. The Hall–Kier alpha value is -0.910. The number of likely N-dealkylation sites (tertiary alicyclic amines) is 1. The maximum atomic E-state index is 13.6. The van der Waals surface area contributed by atoms with Crippen LogP contribution in [0.25, 0.3) is 0 Å². The zero-order valence-corrected chi connectivity index (χ0v) is 12.4. The number of piperidine rings is 2. The monoisotopic (exact) mass is 290 g/mol. The molecule has 0 radical (unpaired) electrons. The van der Waals surface area contributed by atoms with E-state index in [4.69, 9.17) is 4.74 Å². The highest BCUT2D eigenvalue weighted by atomic mass is 19.3. The molecule has 116 valence electrons. The summed E-state index contributed by atoms with van der Waals surface area (Å²) >= 11 is 0. The molecule has 0 aliphatic carbocycles. The van der Waals surface area contributed by atoms with Crippen molar-refractivity contribution in [2.45, 2.75) is 58.1 Å². The van der Waals surface area contributed by atoms with Crippen LogP contribution in [-0.2, 0) is 4.74 Å². The maximum Gasteiger partial charge on any atom is 0.410 e. The van der Waals surface area contributed by atoms with E-state index >= 15 is 0 Å². The van der Waals surface area contributed by atoms with E-state index in [1.807, 2.05) is 0 Å². The summed E-state index contributed by atoms with van der Waals surface area (Å²) in [5.41, 5.74) is -1.72. The molecule has 0 aromatic carbocycles. The molecule has 2 fully saturated rings. The fraction of sp³-hybridized carbons (Fsp3) is 0.929. The minimum Gasteiger partial charge on any atom is -0.444 e. The van der Waals surface area contributed by atoms with Gasteiger partial charge in [-0.05, 0) is 46.6 Å². The molecule has 2 rings (SSSR count). The Labute approximate surface area is 118 Å². The molecule has 2 heterocycles. The van der Waals surface area contributed by atoms with Crippen molar-refractivity contribution < 1.29 is 18.3 Å². The van der Waals surface area contributed by atoms with Gasteiger partial charge in [0.05, 0.1) is 5.41 Å². The van der Waals surface area contributed by atoms with E-state index < -0.39 is 29.6 Å². The Balaban J connectivity index is 2.19. The molecule has 2 saturated heterocycles. The number of hydrogen-bond acceptors (Lipinski definition) is 3. The van der Waals surface area contributed by atoms with Crippen molar-refractivity contribution in [1.82, 2.24) is 10.2 Å². The molecule has 0 bridgehead atoms. The second kappa shape index (κ2) is 5.47. The van der Waals surface area contributed by atoms with Gasteiger partial charge in [0, 0.05) is 19.1 Å². The Bertz CT molecular complexity index is 367. The lowest BCUT2D eigenvalue weighted by Crippen LogP contribution is -2.64. The highest BCUT2D eigenvalue weighted by Crippen LogP contribution is 2.44. The van der Waals surface area contributed by atoms with Crippen LogP contribution in [0.15, 0.2) is 0 Å². The van der Waals surface area contributed by atoms with Crippen LogP contribution in [0.3, 0.4) is 0 Å². The summed E-state index contributed by atoms with van der Waals surface area (Å²) in [5.74, 6) is 0. The Morgan fingerprint density at radius 1 is 1.45 bits per heavy atom. The number of hydrogen-bond donors (Lipinski definition) is 1. The molecule has 2 aliphatic heterocycles. The molecule has 1 N–H and O–H groups in total. The number of nitrogens with one attached hydrogen (secondary N) is 1. The lowest BCUT2D eigenvalue weighted by molar-refractivity contribution is -0.106. The average Bonchev–Trinajstić information content (AvgIpc) is 2.35. The first-order chi connectivity index (χ1) is 9.26. The molecular weight excluding hydrogens is 266 g/mol. The van der Waals surface area contributed by atoms with E-state index in [2.05, 4.69) is 5.32 Å². The number of rotatable bonds is 1. The first kappa shape index (κ1) is 15.5. The van der Waals surface area contributed by atoms with Crippen LogP contribution in [0.2, 0.25) is 0 Å². The summed E-state index contributed by atoms with van der Waals surface area (Å²) in [6.45, 7) is 6.81. The summed E-state index contributed by atoms with van der Waals surface area (Å²) in [5, 5.41) is 3.06. The normalized spacial score (nSPS) is 31.1. The minimum absolute atomic E-state index is 0.272. The van der Waals surface area contributed by atoms with Crippen molar-refractivity contribution in [2.75, 3.05) is 19.6 Å². The molecular formula is C14H24F2N2O2. The zero-order valence-electron chi connectivity index (χ0n) is 12.4. The second-order valence-electron chi connectivity index (χ2n) is 6.79. The standard InChI is InChI=1S/C14H24F2N2O2/c1-13(2,3)20-12(19)18-8-4-6-14(11(15)16)9-17-7-5-10(14)18/h10-11,17H,4-9H2,1-3H3. The fourth-order valence-corrected chi connectivity index (χ4v) is 3.29. The van der Waals surface area contributed by atoms with Crippen LogP contribution >= 0.6 is 0 Å². The van der Waals surface area contributed by atoms with Crippen molar-refractivity contribution in [3.8, 4) is 0 Å². The SMILES string of the molecule is CC(C)(C)OC(=O)N1CCCC2(C(F)F)CNCCC12. The third kappa shape index (κ3) is 2.90. The molecule has 6 heteroatoms. The van der Waals surface area contributed by atoms with Crippen LogP contribution in [0.1, 0.15) is 40.0 Å². The third-order valence-electron chi connectivity index (χ3n) is 4.19. The highest BCUT2D eigenvalue weighted by molar-refractivity contribution is 5.69. The van der Waals surface area contributed by atoms with Crippen LogP contribution in [0.5, 0.6) is 0 Å². The molecule has 0 saturated carbocycles. The van der Waals surface area contributed by atoms with Gasteiger partial charge in [-0.1, -0.05) is 0 Å². The first-order valence-corrected chi connectivity index (χ1v) is 7.25. The number of nitrogens with zero attached hydrogens (tertiary/aromatic N) is 1. The number of carbonyl (C=O) groups excluding carboxylic acids is 1. The van der Waals surface area contributed by atoms with Gasteiger partial charge >= 0.3 is 6.09 Å². The number of amides is 1. The number of ether oxygens (including phenoxy) is 1. The molecule has 20 heavy (non-hydrogen) atoms. The number of carbonyl (C=O) groups is 1. The Morgan fingerprint density at radius 3 is 2.75 bits per heavy atom. The second-order valence-corrected chi connectivity index (χ2v) is 6.79. The summed E-state index contributed by atoms with van der Waals surface area (Å²) in [4.78, 5) is 13.8. The van der Waals surface area contributed by atoms with Crippen LogP contribution in [0.4, 0.5) is 13.6 Å². The molecule has 2 atom stereocenters. The van der Waals surface area contributed by atoms with Gasteiger partial charge in [-0.15, -0.1) is 0 Å².